The number of nitrogens with one attached hydrogen (secondary N) is 3. The summed E-state index contributed by atoms with van der Waals surface area (Å²) in [5, 5.41) is 20.2. The third-order valence-corrected chi connectivity index (χ3v) is 8.38. The van der Waals surface area contributed by atoms with Crippen molar-refractivity contribution in [2.75, 3.05) is 43.5 Å². The van der Waals surface area contributed by atoms with E-state index in [-0.39, 0.29) is 12.0 Å². The second-order valence-electron chi connectivity index (χ2n) is 11.8. The third-order valence-electron chi connectivity index (χ3n) is 8.38. The summed E-state index contributed by atoms with van der Waals surface area (Å²) < 4.78 is 32.9. The van der Waals surface area contributed by atoms with Crippen LogP contribution in [0.25, 0.3) is 10.9 Å². The van der Waals surface area contributed by atoms with E-state index in [4.69, 9.17) is 14.2 Å². The van der Waals surface area contributed by atoms with Crippen LogP contribution in [0.2, 0.25) is 0 Å². The number of pyridine rings is 1. The number of benzene rings is 1. The van der Waals surface area contributed by atoms with Gasteiger partial charge in [-0.2, -0.15) is 5.26 Å². The van der Waals surface area contributed by atoms with Crippen molar-refractivity contribution in [3.8, 4) is 11.8 Å². The van der Waals surface area contributed by atoms with E-state index in [0.717, 1.165) is 56.3 Å². The van der Waals surface area contributed by atoms with Crippen LogP contribution in [0.15, 0.2) is 76.6 Å². The van der Waals surface area contributed by atoms with Gasteiger partial charge in [0.1, 0.15) is 30.3 Å². The second kappa shape index (κ2) is 14.1. The van der Waals surface area contributed by atoms with Crippen molar-refractivity contribution in [3.05, 3.63) is 82.2 Å². The summed E-state index contributed by atoms with van der Waals surface area (Å²) in [6.07, 6.45) is 13.9. The molecule has 1 aromatic carbocycles. The molecule has 2 saturated heterocycles. The minimum absolute atomic E-state index is 0.148. The first-order chi connectivity index (χ1) is 21.9. The van der Waals surface area contributed by atoms with Gasteiger partial charge in [-0.05, 0) is 69.8 Å². The topological polar surface area (TPSA) is 118 Å². The number of rotatable bonds is 9. The Morgan fingerprint density at radius 1 is 1.22 bits per heavy atom. The Morgan fingerprint density at radius 2 is 2.09 bits per heavy atom. The quantitative estimate of drug-likeness (QED) is 0.276. The number of aromatic nitrogens is 1. The maximum absolute atomic E-state index is 15.2. The Bertz CT molecular complexity index is 1670. The Kier molecular flexibility index (Phi) is 9.58. The molecule has 9 nitrogen and oxygen atoms in total. The average molecular weight is 612 g/mol. The van der Waals surface area contributed by atoms with Crippen molar-refractivity contribution in [3.63, 3.8) is 0 Å². The van der Waals surface area contributed by atoms with Gasteiger partial charge in [0.25, 0.3) is 0 Å². The number of hydrogen-bond acceptors (Lipinski definition) is 8. The zero-order valence-corrected chi connectivity index (χ0v) is 25.5. The van der Waals surface area contributed by atoms with Crippen LogP contribution in [0.3, 0.4) is 0 Å². The number of ether oxygens (including phenoxy) is 3. The number of carbonyl (C=O) groups excluding carboxylic acids is 1. The highest BCUT2D eigenvalue weighted by molar-refractivity contribution is 6.04. The van der Waals surface area contributed by atoms with Gasteiger partial charge >= 0.3 is 0 Å². The molecule has 234 valence electrons. The lowest BCUT2D eigenvalue weighted by molar-refractivity contribution is -0.112. The SMILES string of the molecule is CC1=CCCC(COC2=C(F)C=C(Nc3c(C#N)cnc4cc(OC5CCOC5)c(NC(=O)C=C5CCNCC5)cc34)CC2)=C1. The Labute approximate surface area is 262 Å². The van der Waals surface area contributed by atoms with Gasteiger partial charge in [-0.1, -0.05) is 23.3 Å². The Morgan fingerprint density at radius 3 is 2.84 bits per heavy atom. The molecule has 1 unspecified atom stereocenters. The first-order valence-corrected chi connectivity index (χ1v) is 15.6. The highest BCUT2D eigenvalue weighted by Gasteiger charge is 2.23. The summed E-state index contributed by atoms with van der Waals surface area (Å²) in [7, 11) is 0. The largest absolute Gasteiger partial charge is 0.491 e. The van der Waals surface area contributed by atoms with Gasteiger partial charge in [0, 0.05) is 42.3 Å². The third kappa shape index (κ3) is 7.62. The number of halogens is 1. The summed E-state index contributed by atoms with van der Waals surface area (Å²) in [5.41, 5.74) is 5.88. The van der Waals surface area contributed by atoms with Crippen LogP contribution < -0.4 is 20.7 Å². The highest BCUT2D eigenvalue weighted by Crippen LogP contribution is 2.38. The molecule has 0 spiro atoms. The van der Waals surface area contributed by atoms with Crippen molar-refractivity contribution in [2.24, 2.45) is 0 Å². The number of piperidine rings is 1. The molecule has 2 aromatic rings. The Balaban J connectivity index is 1.28. The molecular formula is C35H38FN5O4. The predicted octanol–water partition coefficient (Wildman–Crippen LogP) is 6.48. The lowest BCUT2D eigenvalue weighted by Gasteiger charge is -2.22. The van der Waals surface area contributed by atoms with E-state index in [0.29, 0.717) is 77.7 Å². The standard InChI is InChI=1S/C35H38FN5O4/c1-22-3-2-4-24(13-22)20-44-32-6-5-26(15-29(32)36)40-35-25(18-37)19-39-30-17-33(45-27-9-12-43-21-27)31(16-28(30)35)41-34(42)14-23-7-10-38-11-8-23/h3,13-17,19,27,38H,2,4-12,20-21H2,1H3,(H,39,40)(H,41,42). The molecule has 45 heavy (non-hydrogen) atoms. The molecule has 0 saturated carbocycles. The minimum atomic E-state index is -0.433. The van der Waals surface area contributed by atoms with E-state index in [1.54, 1.807) is 18.2 Å². The highest BCUT2D eigenvalue weighted by atomic mass is 19.1. The van der Waals surface area contributed by atoms with E-state index >= 15 is 4.39 Å². The molecule has 3 heterocycles. The van der Waals surface area contributed by atoms with Crippen LogP contribution in [0, 0.1) is 11.3 Å². The molecule has 6 rings (SSSR count). The number of allylic oxidation sites excluding steroid dienone is 7. The smallest absolute Gasteiger partial charge is 0.248 e. The van der Waals surface area contributed by atoms with Gasteiger partial charge < -0.3 is 30.2 Å². The van der Waals surface area contributed by atoms with Crippen LogP contribution in [0.5, 0.6) is 5.75 Å². The number of nitrogens with zero attached hydrogens (tertiary/aromatic N) is 2. The first-order valence-electron chi connectivity index (χ1n) is 15.6. The van der Waals surface area contributed by atoms with E-state index in [9.17, 15) is 10.1 Å². The average Bonchev–Trinajstić information content (AvgIpc) is 3.55. The van der Waals surface area contributed by atoms with E-state index in [1.165, 1.54) is 17.8 Å². The minimum Gasteiger partial charge on any atom is -0.491 e. The summed E-state index contributed by atoms with van der Waals surface area (Å²) in [4.78, 5) is 17.6. The number of hydrogen-bond donors (Lipinski definition) is 3. The second-order valence-corrected chi connectivity index (χ2v) is 11.8. The number of nitriles is 1. The summed E-state index contributed by atoms with van der Waals surface area (Å²) in [6, 6.07) is 5.74. The van der Waals surface area contributed by atoms with Crippen molar-refractivity contribution >= 4 is 28.2 Å². The normalized spacial score (nSPS) is 20.2. The van der Waals surface area contributed by atoms with Crippen LogP contribution in [0.1, 0.15) is 57.4 Å². The fraction of sp³-hybridized carbons (Fsp3) is 0.400. The lowest BCUT2D eigenvalue weighted by atomic mass is 10.0. The van der Waals surface area contributed by atoms with Gasteiger partial charge in [-0.25, -0.2) is 4.39 Å². The van der Waals surface area contributed by atoms with Gasteiger partial charge in [0.15, 0.2) is 5.83 Å². The fourth-order valence-corrected chi connectivity index (χ4v) is 5.97. The number of amides is 1. The first kappa shape index (κ1) is 30.6. The van der Waals surface area contributed by atoms with Gasteiger partial charge in [0.2, 0.25) is 5.91 Å². The van der Waals surface area contributed by atoms with Crippen molar-refractivity contribution in [2.45, 2.75) is 58.0 Å². The van der Waals surface area contributed by atoms with Crippen LogP contribution in [-0.2, 0) is 14.3 Å². The number of anilines is 2. The lowest BCUT2D eigenvalue weighted by Crippen LogP contribution is -2.24. The van der Waals surface area contributed by atoms with Crippen molar-refractivity contribution in [1.29, 1.82) is 5.26 Å². The molecule has 2 fully saturated rings. The van der Waals surface area contributed by atoms with E-state index in [2.05, 4.69) is 46.1 Å². The summed E-state index contributed by atoms with van der Waals surface area (Å²) in [6.45, 7) is 5.19. The number of fused-ring (bicyclic) bond motifs is 1. The maximum atomic E-state index is 15.2. The fourth-order valence-electron chi connectivity index (χ4n) is 5.97. The zero-order chi connectivity index (χ0) is 31.2. The maximum Gasteiger partial charge on any atom is 0.248 e. The molecule has 0 radical (unpaired) electrons. The van der Waals surface area contributed by atoms with E-state index < -0.39 is 5.83 Å². The van der Waals surface area contributed by atoms with Gasteiger partial charge in [0.05, 0.1) is 35.7 Å². The molecule has 4 aliphatic rings. The molecular weight excluding hydrogens is 573 g/mol. The predicted molar refractivity (Wildman–Crippen MR) is 171 cm³/mol. The molecule has 0 bridgehead atoms. The molecule has 10 heteroatoms. The number of carbonyl (C=O) groups is 1. The summed E-state index contributed by atoms with van der Waals surface area (Å²) in [5.74, 6) is 0.129. The van der Waals surface area contributed by atoms with Crippen LogP contribution in [-0.4, -0.2) is 49.9 Å². The van der Waals surface area contributed by atoms with Crippen molar-refractivity contribution in [1.82, 2.24) is 10.3 Å². The molecule has 1 aromatic heterocycles. The molecule has 3 N–H and O–H groups in total. The van der Waals surface area contributed by atoms with Crippen molar-refractivity contribution < 1.29 is 23.4 Å². The molecule has 1 atom stereocenters. The van der Waals surface area contributed by atoms with Crippen LogP contribution in [0.4, 0.5) is 15.8 Å². The monoisotopic (exact) mass is 611 g/mol. The molecule has 1 amide bonds. The Hall–Kier alpha value is -4.46. The molecule has 2 aliphatic carbocycles. The molecule has 2 aliphatic heterocycles. The zero-order valence-electron chi connectivity index (χ0n) is 25.5. The van der Waals surface area contributed by atoms with Crippen LogP contribution >= 0.6 is 0 Å². The van der Waals surface area contributed by atoms with Gasteiger partial charge in [-0.3, -0.25) is 9.78 Å². The van der Waals surface area contributed by atoms with Gasteiger partial charge in [-0.15, -0.1) is 0 Å². The summed E-state index contributed by atoms with van der Waals surface area (Å²) >= 11 is 0. The van der Waals surface area contributed by atoms with E-state index in [1.807, 2.05) is 0 Å².